The molecular formula is C20H17Cl2FN2O2S. The smallest absolute Gasteiger partial charge is 0.266 e. The first kappa shape index (κ1) is 20.8. The lowest BCUT2D eigenvalue weighted by molar-refractivity contribution is 0.282. The van der Waals surface area contributed by atoms with Gasteiger partial charge in [0.2, 0.25) is 0 Å². The summed E-state index contributed by atoms with van der Waals surface area (Å²) >= 11 is 7.70. The van der Waals surface area contributed by atoms with Gasteiger partial charge in [0.15, 0.2) is 0 Å². The third kappa shape index (κ3) is 3.32. The van der Waals surface area contributed by atoms with Crippen molar-refractivity contribution in [3.8, 4) is 11.1 Å². The molecule has 0 bridgehead atoms. The average Bonchev–Trinajstić information content (AvgIpc) is 3.15. The second kappa shape index (κ2) is 8.19. The number of benzene rings is 2. The van der Waals surface area contributed by atoms with Crippen molar-refractivity contribution in [2.45, 2.75) is 13.0 Å². The van der Waals surface area contributed by atoms with E-state index < -0.39 is 0 Å². The summed E-state index contributed by atoms with van der Waals surface area (Å²) in [5.74, 6) is -0.351. The molecule has 2 heterocycles. The van der Waals surface area contributed by atoms with Gasteiger partial charge in [0.1, 0.15) is 10.5 Å². The number of fused-ring (bicyclic) bond motifs is 3. The predicted molar refractivity (Wildman–Crippen MR) is 116 cm³/mol. The minimum Gasteiger partial charge on any atom is -0.392 e. The molecule has 0 saturated heterocycles. The van der Waals surface area contributed by atoms with Crippen molar-refractivity contribution in [1.82, 2.24) is 4.98 Å². The summed E-state index contributed by atoms with van der Waals surface area (Å²) in [7, 11) is 0. The van der Waals surface area contributed by atoms with E-state index in [9.17, 15) is 14.3 Å². The van der Waals surface area contributed by atoms with E-state index >= 15 is 0 Å². The fourth-order valence-corrected chi connectivity index (χ4v) is 4.53. The van der Waals surface area contributed by atoms with Gasteiger partial charge in [-0.25, -0.2) is 4.39 Å². The van der Waals surface area contributed by atoms with E-state index in [0.717, 1.165) is 5.39 Å². The summed E-state index contributed by atoms with van der Waals surface area (Å²) in [6.07, 6.45) is 0.447. The normalized spacial score (nSPS) is 11.1. The summed E-state index contributed by atoms with van der Waals surface area (Å²) in [5.41, 5.74) is 8.17. The van der Waals surface area contributed by atoms with Crippen molar-refractivity contribution in [2.24, 2.45) is 5.73 Å². The van der Waals surface area contributed by atoms with Crippen LogP contribution in [0.1, 0.15) is 11.1 Å². The number of hydrogen-bond acceptors (Lipinski definition) is 4. The van der Waals surface area contributed by atoms with Crippen LogP contribution < -0.4 is 11.3 Å². The second-order valence-corrected chi connectivity index (χ2v) is 7.59. The van der Waals surface area contributed by atoms with Crippen molar-refractivity contribution < 1.29 is 9.50 Å². The highest BCUT2D eigenvalue weighted by atomic mass is 35.5. The first-order valence-corrected chi connectivity index (χ1v) is 9.65. The van der Waals surface area contributed by atoms with Gasteiger partial charge in [-0.2, -0.15) is 0 Å². The summed E-state index contributed by atoms with van der Waals surface area (Å²) in [4.78, 5) is 15.2. The fourth-order valence-electron chi connectivity index (χ4n) is 3.46. The van der Waals surface area contributed by atoms with Gasteiger partial charge in [0.05, 0.1) is 17.1 Å². The minimum absolute atomic E-state index is 0. The van der Waals surface area contributed by atoms with Gasteiger partial charge in [-0.1, -0.05) is 23.7 Å². The van der Waals surface area contributed by atoms with Crippen molar-refractivity contribution in [1.29, 1.82) is 0 Å². The Balaban J connectivity index is 0.00000225. The number of nitrogens with one attached hydrogen (secondary N) is 1. The quantitative estimate of drug-likeness (QED) is 0.434. The maximum absolute atomic E-state index is 14.6. The zero-order valence-electron chi connectivity index (χ0n) is 14.6. The Bertz CT molecular complexity index is 1240. The average molecular weight is 439 g/mol. The molecule has 4 rings (SSSR count). The third-order valence-electron chi connectivity index (χ3n) is 4.67. The van der Waals surface area contributed by atoms with Gasteiger partial charge in [-0.15, -0.1) is 23.7 Å². The van der Waals surface area contributed by atoms with Crippen LogP contribution in [0.2, 0.25) is 5.02 Å². The number of aliphatic hydroxyl groups is 1. The number of thiophene rings is 1. The van der Waals surface area contributed by atoms with Gasteiger partial charge in [-0.3, -0.25) is 4.79 Å². The molecule has 4 nitrogen and oxygen atoms in total. The van der Waals surface area contributed by atoms with Crippen molar-refractivity contribution >= 4 is 56.3 Å². The highest BCUT2D eigenvalue weighted by molar-refractivity contribution is 7.17. The zero-order chi connectivity index (χ0) is 19.1. The van der Waals surface area contributed by atoms with Crippen LogP contribution in [0.25, 0.3) is 32.1 Å². The number of H-pyrrole nitrogens is 1. The molecule has 0 aliphatic rings. The van der Waals surface area contributed by atoms with Crippen molar-refractivity contribution in [2.75, 3.05) is 6.54 Å². The Morgan fingerprint density at radius 2 is 2.00 bits per heavy atom. The van der Waals surface area contributed by atoms with Crippen LogP contribution in [0.5, 0.6) is 0 Å². The molecule has 0 radical (unpaired) electrons. The highest BCUT2D eigenvalue weighted by Gasteiger charge is 2.18. The molecule has 8 heteroatoms. The van der Waals surface area contributed by atoms with Crippen LogP contribution in [-0.4, -0.2) is 16.6 Å². The van der Waals surface area contributed by atoms with E-state index in [-0.39, 0.29) is 30.4 Å². The number of hydrogen-bond donors (Lipinski definition) is 3. The van der Waals surface area contributed by atoms with Crippen molar-refractivity contribution in [3.63, 3.8) is 0 Å². The zero-order valence-corrected chi connectivity index (χ0v) is 17.0. The Hall–Kier alpha value is -1.96. The first-order valence-electron chi connectivity index (χ1n) is 8.39. The summed E-state index contributed by atoms with van der Waals surface area (Å²) in [6, 6.07) is 8.40. The maximum Gasteiger partial charge on any atom is 0.266 e. The van der Waals surface area contributed by atoms with Gasteiger partial charge < -0.3 is 15.8 Å². The van der Waals surface area contributed by atoms with Crippen LogP contribution in [-0.2, 0) is 13.0 Å². The number of aromatic amines is 1. The third-order valence-corrected chi connectivity index (χ3v) is 5.88. The molecule has 0 atom stereocenters. The predicted octanol–water partition coefficient (Wildman–Crippen LogP) is 4.62. The number of aromatic nitrogens is 1. The highest BCUT2D eigenvalue weighted by Crippen LogP contribution is 2.40. The SMILES string of the molecule is Cl.NCCc1ccc(-c2c(CO)cc(Cl)c3[nH]c(=O)c4sccc4c23)cc1F. The topological polar surface area (TPSA) is 79.1 Å². The molecule has 4 aromatic rings. The molecule has 28 heavy (non-hydrogen) atoms. The fraction of sp³-hybridized carbons (Fsp3) is 0.150. The molecule has 4 N–H and O–H groups in total. The Morgan fingerprint density at radius 1 is 1.21 bits per heavy atom. The molecule has 2 aromatic carbocycles. The molecular weight excluding hydrogens is 422 g/mol. The molecule has 146 valence electrons. The number of rotatable bonds is 4. The van der Waals surface area contributed by atoms with E-state index in [2.05, 4.69) is 4.98 Å². The van der Waals surface area contributed by atoms with Crippen LogP contribution in [0, 0.1) is 5.82 Å². The van der Waals surface area contributed by atoms with E-state index in [1.165, 1.54) is 17.4 Å². The standard InChI is InChI=1S/C20H16ClFN2O2S.ClH/c21-14-7-12(9-25)16(11-2-1-10(3-5-23)15(22)8-11)17-13-4-6-27-19(13)20(26)24-18(14)17;/h1-2,4,6-8,25H,3,5,9,23H2,(H,24,26);1H. The second-order valence-electron chi connectivity index (χ2n) is 6.26. The largest absolute Gasteiger partial charge is 0.392 e. The summed E-state index contributed by atoms with van der Waals surface area (Å²) in [5, 5.41) is 13.5. The molecule has 0 aliphatic carbocycles. The van der Waals surface area contributed by atoms with E-state index in [1.807, 2.05) is 11.4 Å². The monoisotopic (exact) mass is 438 g/mol. The number of halogens is 3. The molecule has 2 aromatic heterocycles. The lowest BCUT2D eigenvalue weighted by Gasteiger charge is -2.15. The van der Waals surface area contributed by atoms with Gasteiger partial charge >= 0.3 is 0 Å². The van der Waals surface area contributed by atoms with Crippen LogP contribution in [0.15, 0.2) is 40.5 Å². The lowest BCUT2D eigenvalue weighted by atomic mass is 9.92. The minimum atomic E-state index is -0.351. The van der Waals surface area contributed by atoms with Gasteiger partial charge in [0.25, 0.3) is 5.56 Å². The molecule has 0 unspecified atom stereocenters. The first-order chi connectivity index (χ1) is 13.0. The molecule has 0 amide bonds. The van der Waals surface area contributed by atoms with Crippen LogP contribution in [0.3, 0.4) is 0 Å². The van der Waals surface area contributed by atoms with Gasteiger partial charge in [0, 0.05) is 10.8 Å². The van der Waals surface area contributed by atoms with Crippen LogP contribution in [0.4, 0.5) is 4.39 Å². The lowest BCUT2D eigenvalue weighted by Crippen LogP contribution is -2.07. The molecule has 0 saturated carbocycles. The van der Waals surface area contributed by atoms with E-state index in [0.29, 0.717) is 55.8 Å². The number of aliphatic hydroxyl groups excluding tert-OH is 1. The van der Waals surface area contributed by atoms with Gasteiger partial charge in [-0.05, 0) is 58.8 Å². The number of nitrogens with two attached hydrogens (primary N) is 1. The Labute approximate surface area is 175 Å². The molecule has 0 fully saturated rings. The van der Waals surface area contributed by atoms with Crippen LogP contribution >= 0.6 is 35.3 Å². The van der Waals surface area contributed by atoms with E-state index in [4.69, 9.17) is 17.3 Å². The van der Waals surface area contributed by atoms with Crippen molar-refractivity contribution in [3.05, 3.63) is 68.0 Å². The molecule has 0 spiro atoms. The number of pyridine rings is 1. The Morgan fingerprint density at radius 3 is 2.68 bits per heavy atom. The summed E-state index contributed by atoms with van der Waals surface area (Å²) in [6.45, 7) is 0.0979. The summed E-state index contributed by atoms with van der Waals surface area (Å²) < 4.78 is 15.1. The van der Waals surface area contributed by atoms with E-state index in [1.54, 1.807) is 18.2 Å². The Kier molecular flexibility index (Phi) is 6.07. The maximum atomic E-state index is 14.6. The molecule has 0 aliphatic heterocycles.